The molecule has 1 unspecified atom stereocenters. The van der Waals surface area contributed by atoms with Crippen molar-refractivity contribution < 1.29 is 19.4 Å². The third-order valence-electron chi connectivity index (χ3n) is 2.32. The number of aliphatic carboxylic acids is 1. The van der Waals surface area contributed by atoms with Crippen molar-refractivity contribution in [1.29, 1.82) is 0 Å². The minimum Gasteiger partial charge on any atom is -0.480 e. The molecule has 0 aliphatic carbocycles. The van der Waals surface area contributed by atoms with Crippen molar-refractivity contribution in [2.45, 2.75) is 26.3 Å². The number of carboxylic acid groups (broad SMARTS) is 1. The molecule has 1 amide bonds. The van der Waals surface area contributed by atoms with Crippen LogP contribution in [0.15, 0.2) is 18.0 Å². The van der Waals surface area contributed by atoms with Crippen LogP contribution < -0.4 is 4.90 Å². The van der Waals surface area contributed by atoms with Crippen molar-refractivity contribution in [3.05, 3.63) is 23.7 Å². The minimum atomic E-state index is -1.09. The Bertz CT molecular complexity index is 472. The van der Waals surface area contributed by atoms with Gasteiger partial charge in [0.1, 0.15) is 12.6 Å². The molecule has 19 heavy (non-hydrogen) atoms. The van der Waals surface area contributed by atoms with Gasteiger partial charge in [0.25, 0.3) is 0 Å². The summed E-state index contributed by atoms with van der Waals surface area (Å²) < 4.78 is 4.92. The van der Waals surface area contributed by atoms with Crippen molar-refractivity contribution in [2.75, 3.05) is 11.5 Å². The van der Waals surface area contributed by atoms with Crippen LogP contribution in [-0.2, 0) is 9.53 Å². The van der Waals surface area contributed by atoms with Crippen LogP contribution >= 0.6 is 11.3 Å². The van der Waals surface area contributed by atoms with Crippen molar-refractivity contribution in [3.8, 4) is 0 Å². The van der Waals surface area contributed by atoms with Crippen molar-refractivity contribution in [1.82, 2.24) is 4.98 Å². The van der Waals surface area contributed by atoms with Crippen LogP contribution in [0.5, 0.6) is 0 Å². The second-order valence-corrected chi connectivity index (χ2v) is 4.61. The third-order valence-corrected chi connectivity index (χ3v) is 3.28. The van der Waals surface area contributed by atoms with Gasteiger partial charge in [-0.2, -0.15) is 0 Å². The molecule has 1 aromatic heterocycles. The number of carbonyl (C=O) groups is 2. The highest BCUT2D eigenvalue weighted by Crippen LogP contribution is 2.24. The van der Waals surface area contributed by atoms with E-state index in [0.717, 1.165) is 10.6 Å². The smallest absolute Gasteiger partial charge is 0.417 e. The van der Waals surface area contributed by atoms with Gasteiger partial charge in [0, 0.05) is 5.38 Å². The summed E-state index contributed by atoms with van der Waals surface area (Å²) in [6, 6.07) is -0.997. The van der Waals surface area contributed by atoms with Gasteiger partial charge in [-0.25, -0.2) is 19.5 Å². The lowest BCUT2D eigenvalue weighted by molar-refractivity contribution is -0.138. The predicted octanol–water partition coefficient (Wildman–Crippen LogP) is 2.44. The van der Waals surface area contributed by atoms with Crippen LogP contribution in [-0.4, -0.2) is 34.8 Å². The zero-order valence-electron chi connectivity index (χ0n) is 10.8. The van der Waals surface area contributed by atoms with Gasteiger partial charge in [0.15, 0.2) is 5.13 Å². The van der Waals surface area contributed by atoms with Crippen LogP contribution in [0, 0.1) is 6.92 Å². The fraction of sp³-hybridized carbons (Fsp3) is 0.417. The first-order valence-corrected chi connectivity index (χ1v) is 6.61. The summed E-state index contributed by atoms with van der Waals surface area (Å²) in [6.45, 7) is 6.93. The van der Waals surface area contributed by atoms with Crippen LogP contribution in [0.3, 0.4) is 0 Å². The number of aryl methyl sites for hydroxylation is 1. The van der Waals surface area contributed by atoms with Crippen molar-refractivity contribution in [3.63, 3.8) is 0 Å². The maximum atomic E-state index is 12.0. The first-order valence-electron chi connectivity index (χ1n) is 5.73. The predicted molar refractivity (Wildman–Crippen MR) is 72.6 cm³/mol. The van der Waals surface area contributed by atoms with E-state index in [0.29, 0.717) is 5.13 Å². The van der Waals surface area contributed by atoms with E-state index in [9.17, 15) is 14.7 Å². The highest BCUT2D eigenvalue weighted by Gasteiger charge is 2.32. The fourth-order valence-electron chi connectivity index (χ4n) is 1.46. The summed E-state index contributed by atoms with van der Waals surface area (Å²) in [6.07, 6.45) is 0.950. The molecule has 0 spiro atoms. The standard InChI is InChI=1S/C12H16N2O4S/c1-4-6-18-12(17)14(9(5-2)10(15)16)11-13-8(3)7-19-11/h4,7,9H,1,5-6H2,2-3H3,(H,15,16). The van der Waals surface area contributed by atoms with E-state index in [1.54, 1.807) is 19.2 Å². The van der Waals surface area contributed by atoms with Gasteiger partial charge in [-0.05, 0) is 13.3 Å². The SMILES string of the molecule is C=CCOC(=O)N(c1nc(C)cs1)C(CC)C(=O)O. The molecule has 7 heteroatoms. The molecule has 0 aliphatic rings. The summed E-state index contributed by atoms with van der Waals surface area (Å²) >= 11 is 1.21. The highest BCUT2D eigenvalue weighted by molar-refractivity contribution is 7.14. The number of rotatable bonds is 6. The number of hydrogen-bond donors (Lipinski definition) is 1. The number of nitrogens with zero attached hydrogens (tertiary/aromatic N) is 2. The Kier molecular flexibility index (Phi) is 5.50. The number of aromatic nitrogens is 1. The second-order valence-electron chi connectivity index (χ2n) is 3.77. The lowest BCUT2D eigenvalue weighted by atomic mass is 10.2. The topological polar surface area (TPSA) is 79.7 Å². The largest absolute Gasteiger partial charge is 0.480 e. The van der Waals surface area contributed by atoms with E-state index in [1.165, 1.54) is 17.4 Å². The Balaban J connectivity index is 3.05. The van der Waals surface area contributed by atoms with Gasteiger partial charge >= 0.3 is 12.1 Å². The molecule has 0 bridgehead atoms. The fourth-order valence-corrected chi connectivity index (χ4v) is 2.30. The van der Waals surface area contributed by atoms with E-state index in [-0.39, 0.29) is 13.0 Å². The monoisotopic (exact) mass is 284 g/mol. The van der Waals surface area contributed by atoms with Gasteiger partial charge in [0.05, 0.1) is 5.69 Å². The average molecular weight is 284 g/mol. The number of anilines is 1. The molecular formula is C12H16N2O4S. The molecule has 0 fully saturated rings. The van der Waals surface area contributed by atoms with E-state index in [2.05, 4.69) is 11.6 Å². The number of carbonyl (C=O) groups excluding carboxylic acids is 1. The summed E-state index contributed by atoms with van der Waals surface area (Å²) in [7, 11) is 0. The first-order chi connectivity index (χ1) is 9.01. The summed E-state index contributed by atoms with van der Waals surface area (Å²) in [4.78, 5) is 28.4. The Morgan fingerprint density at radius 2 is 2.37 bits per heavy atom. The van der Waals surface area contributed by atoms with Gasteiger partial charge < -0.3 is 9.84 Å². The van der Waals surface area contributed by atoms with E-state index in [4.69, 9.17) is 4.74 Å². The van der Waals surface area contributed by atoms with Crippen molar-refractivity contribution in [2.24, 2.45) is 0 Å². The Morgan fingerprint density at radius 1 is 1.68 bits per heavy atom. The van der Waals surface area contributed by atoms with Crippen LogP contribution in [0.4, 0.5) is 9.93 Å². The second kappa shape index (κ2) is 6.89. The van der Waals surface area contributed by atoms with Gasteiger partial charge in [0.2, 0.25) is 0 Å². The summed E-state index contributed by atoms with van der Waals surface area (Å²) in [5, 5.41) is 11.3. The lowest BCUT2D eigenvalue weighted by Gasteiger charge is -2.24. The lowest BCUT2D eigenvalue weighted by Crippen LogP contribution is -2.45. The number of amides is 1. The van der Waals surface area contributed by atoms with Crippen LogP contribution in [0.2, 0.25) is 0 Å². The number of hydrogen-bond acceptors (Lipinski definition) is 5. The molecule has 1 rings (SSSR count). The molecule has 0 aromatic carbocycles. The van der Waals surface area contributed by atoms with Crippen LogP contribution in [0.1, 0.15) is 19.0 Å². The number of ether oxygens (including phenoxy) is 1. The minimum absolute atomic E-state index is 0.0236. The molecule has 0 saturated carbocycles. The van der Waals surface area contributed by atoms with Gasteiger partial charge in [-0.3, -0.25) is 0 Å². The zero-order valence-corrected chi connectivity index (χ0v) is 11.6. The highest BCUT2D eigenvalue weighted by atomic mass is 32.1. The molecule has 0 saturated heterocycles. The Labute approximate surface area is 115 Å². The maximum Gasteiger partial charge on any atom is 0.417 e. The van der Waals surface area contributed by atoms with Crippen LogP contribution in [0.25, 0.3) is 0 Å². The van der Waals surface area contributed by atoms with E-state index in [1.807, 2.05) is 0 Å². The van der Waals surface area contributed by atoms with Gasteiger partial charge in [-0.1, -0.05) is 19.6 Å². The molecular weight excluding hydrogens is 268 g/mol. The average Bonchev–Trinajstić information content (AvgIpc) is 2.78. The number of carboxylic acids is 1. The maximum absolute atomic E-state index is 12.0. The number of thiazole rings is 1. The quantitative estimate of drug-likeness (QED) is 0.812. The molecule has 1 aromatic rings. The molecule has 1 heterocycles. The summed E-state index contributed by atoms with van der Waals surface area (Å²) in [5.41, 5.74) is 0.724. The zero-order chi connectivity index (χ0) is 14.4. The van der Waals surface area contributed by atoms with Gasteiger partial charge in [-0.15, -0.1) is 11.3 Å². The van der Waals surface area contributed by atoms with Crippen molar-refractivity contribution >= 4 is 28.5 Å². The molecule has 0 aliphatic heterocycles. The Morgan fingerprint density at radius 3 is 2.79 bits per heavy atom. The third kappa shape index (κ3) is 3.78. The molecule has 1 atom stereocenters. The molecule has 1 N–H and O–H groups in total. The van der Waals surface area contributed by atoms with E-state index >= 15 is 0 Å². The normalized spacial score (nSPS) is 11.7. The molecule has 6 nitrogen and oxygen atoms in total. The molecule has 0 radical (unpaired) electrons. The van der Waals surface area contributed by atoms with E-state index < -0.39 is 18.1 Å². The first kappa shape index (κ1) is 15.2. The molecule has 104 valence electrons. The summed E-state index contributed by atoms with van der Waals surface area (Å²) in [5.74, 6) is -1.09. The Hall–Kier alpha value is -1.89.